The smallest absolute Gasteiger partial charge is 0.249 e. The first kappa shape index (κ1) is 15.9. The fourth-order valence-corrected chi connectivity index (χ4v) is 3.09. The molecule has 4 nitrogen and oxygen atoms in total. The first-order valence-electron chi connectivity index (χ1n) is 7.60. The molecule has 1 atom stereocenters. The van der Waals surface area contributed by atoms with Crippen molar-refractivity contribution in [3.05, 3.63) is 101 Å². The Kier molecular flexibility index (Phi) is 4.40. The average Bonchev–Trinajstić information content (AvgIpc) is 2.65. The zero-order valence-corrected chi connectivity index (χ0v) is 13.3. The van der Waals surface area contributed by atoms with Crippen LogP contribution in [0.4, 0.5) is 0 Å². The number of primary amides is 1. The van der Waals surface area contributed by atoms with Gasteiger partial charge in [0, 0.05) is 30.6 Å². The number of carbonyl (C=O) groups is 1. The maximum Gasteiger partial charge on any atom is 0.249 e. The van der Waals surface area contributed by atoms with Crippen LogP contribution in [0.1, 0.15) is 27.0 Å². The number of rotatable bonds is 5. The van der Waals surface area contributed by atoms with Crippen LogP contribution < -0.4 is 5.73 Å². The van der Waals surface area contributed by atoms with E-state index >= 15 is 0 Å². The number of carbonyl (C=O) groups excluding carboxylic acids is 1. The zero-order valence-electron chi connectivity index (χ0n) is 13.3. The van der Waals surface area contributed by atoms with Crippen LogP contribution >= 0.6 is 0 Å². The summed E-state index contributed by atoms with van der Waals surface area (Å²) >= 11 is 0. The Morgan fingerprint density at radius 3 is 2.12 bits per heavy atom. The van der Waals surface area contributed by atoms with E-state index in [9.17, 15) is 4.79 Å². The monoisotopic (exact) mass is 318 g/mol. The molecule has 0 spiro atoms. The van der Waals surface area contributed by atoms with Gasteiger partial charge in [0.05, 0.1) is 0 Å². The molecule has 1 heterocycles. The predicted molar refractivity (Wildman–Crippen MR) is 92.5 cm³/mol. The molecule has 0 saturated heterocycles. The third-order valence-electron chi connectivity index (χ3n) is 4.15. The van der Waals surface area contributed by atoms with Crippen LogP contribution in [0.5, 0.6) is 0 Å². The second-order valence-corrected chi connectivity index (χ2v) is 5.40. The van der Waals surface area contributed by atoms with E-state index in [0.29, 0.717) is 11.1 Å². The van der Waals surface area contributed by atoms with Gasteiger partial charge in [-0.1, -0.05) is 48.5 Å². The number of ether oxygens (including phenoxy) is 1. The number of hydrogen-bond donors (Lipinski definition) is 1. The third-order valence-corrected chi connectivity index (χ3v) is 4.15. The van der Waals surface area contributed by atoms with Crippen LogP contribution in [-0.2, 0) is 10.3 Å². The molecule has 3 aromatic rings. The van der Waals surface area contributed by atoms with Crippen molar-refractivity contribution in [2.45, 2.75) is 5.60 Å². The van der Waals surface area contributed by atoms with Gasteiger partial charge >= 0.3 is 0 Å². The molecule has 0 fully saturated rings. The first-order valence-corrected chi connectivity index (χ1v) is 7.60. The zero-order chi connectivity index (χ0) is 17.0. The minimum Gasteiger partial charge on any atom is -0.366 e. The lowest BCUT2D eigenvalue weighted by Gasteiger charge is -2.35. The molecule has 0 saturated carbocycles. The second kappa shape index (κ2) is 6.64. The summed E-state index contributed by atoms with van der Waals surface area (Å²) in [7, 11) is 1.63. The van der Waals surface area contributed by atoms with Crippen LogP contribution in [0.3, 0.4) is 0 Å². The van der Waals surface area contributed by atoms with Crippen molar-refractivity contribution < 1.29 is 9.53 Å². The van der Waals surface area contributed by atoms with Crippen LogP contribution in [-0.4, -0.2) is 18.0 Å². The lowest BCUT2D eigenvalue weighted by Crippen LogP contribution is -2.34. The van der Waals surface area contributed by atoms with E-state index in [-0.39, 0.29) is 0 Å². The standard InChI is InChI=1S/C20H18N2O2/c1-24-20(15-7-3-2-4-8-15,16-11-13-22-14-12-16)18-10-6-5-9-17(18)19(21)23/h2-14H,1H3,(H2,21,23). The van der Waals surface area contributed by atoms with Crippen molar-refractivity contribution >= 4 is 5.91 Å². The molecule has 0 aliphatic carbocycles. The Morgan fingerprint density at radius 2 is 1.50 bits per heavy atom. The summed E-state index contributed by atoms with van der Waals surface area (Å²) < 4.78 is 6.05. The third kappa shape index (κ3) is 2.57. The van der Waals surface area contributed by atoms with Gasteiger partial charge < -0.3 is 10.5 Å². The molecule has 4 heteroatoms. The van der Waals surface area contributed by atoms with Gasteiger partial charge in [-0.15, -0.1) is 0 Å². The number of amides is 1. The Labute approximate surface area is 140 Å². The molecule has 0 bridgehead atoms. The first-order chi connectivity index (χ1) is 11.7. The van der Waals surface area contributed by atoms with Crippen molar-refractivity contribution in [1.82, 2.24) is 4.98 Å². The van der Waals surface area contributed by atoms with E-state index < -0.39 is 11.5 Å². The number of methoxy groups -OCH3 is 1. The van der Waals surface area contributed by atoms with Crippen molar-refractivity contribution in [2.24, 2.45) is 5.73 Å². The summed E-state index contributed by atoms with van der Waals surface area (Å²) in [5.41, 5.74) is 7.59. The molecule has 1 amide bonds. The fourth-order valence-electron chi connectivity index (χ4n) is 3.09. The van der Waals surface area contributed by atoms with E-state index in [1.165, 1.54) is 0 Å². The van der Waals surface area contributed by atoms with Crippen molar-refractivity contribution in [2.75, 3.05) is 7.11 Å². The van der Waals surface area contributed by atoms with E-state index in [2.05, 4.69) is 4.98 Å². The van der Waals surface area contributed by atoms with Crippen LogP contribution in [0.25, 0.3) is 0 Å². The van der Waals surface area contributed by atoms with E-state index in [1.807, 2.05) is 54.6 Å². The number of pyridine rings is 1. The summed E-state index contributed by atoms with van der Waals surface area (Å²) in [4.78, 5) is 16.1. The maximum atomic E-state index is 12.0. The quantitative estimate of drug-likeness (QED) is 0.786. The number of nitrogens with zero attached hydrogens (tertiary/aromatic N) is 1. The van der Waals surface area contributed by atoms with E-state index in [0.717, 1.165) is 11.1 Å². The highest BCUT2D eigenvalue weighted by Gasteiger charge is 2.38. The molecule has 3 rings (SSSR count). The lowest BCUT2D eigenvalue weighted by atomic mass is 9.78. The van der Waals surface area contributed by atoms with E-state index in [4.69, 9.17) is 10.5 Å². The minimum atomic E-state index is -0.949. The van der Waals surface area contributed by atoms with Gasteiger partial charge in [-0.05, 0) is 29.3 Å². The van der Waals surface area contributed by atoms with Gasteiger partial charge in [0.25, 0.3) is 0 Å². The lowest BCUT2D eigenvalue weighted by molar-refractivity contribution is 0.0571. The van der Waals surface area contributed by atoms with Gasteiger partial charge in [-0.2, -0.15) is 0 Å². The summed E-state index contributed by atoms with van der Waals surface area (Å²) in [6.45, 7) is 0. The van der Waals surface area contributed by atoms with Gasteiger partial charge in [-0.3, -0.25) is 9.78 Å². The Balaban J connectivity index is 2.38. The van der Waals surface area contributed by atoms with Crippen LogP contribution in [0.15, 0.2) is 79.1 Å². The predicted octanol–water partition coefficient (Wildman–Crippen LogP) is 3.12. The highest BCUT2D eigenvalue weighted by molar-refractivity contribution is 5.95. The minimum absolute atomic E-state index is 0.431. The van der Waals surface area contributed by atoms with Crippen LogP contribution in [0.2, 0.25) is 0 Å². The molecular weight excluding hydrogens is 300 g/mol. The molecule has 0 aliphatic rings. The number of nitrogens with two attached hydrogens (primary N) is 1. The highest BCUT2D eigenvalue weighted by atomic mass is 16.5. The van der Waals surface area contributed by atoms with Crippen LogP contribution in [0, 0.1) is 0 Å². The molecule has 0 radical (unpaired) electrons. The molecule has 0 aliphatic heterocycles. The SMILES string of the molecule is COC(c1ccccc1)(c1ccncc1)c1ccccc1C(N)=O. The largest absolute Gasteiger partial charge is 0.366 e. The summed E-state index contributed by atoms with van der Waals surface area (Å²) in [6, 6.07) is 20.8. The van der Waals surface area contributed by atoms with Crippen molar-refractivity contribution in [3.63, 3.8) is 0 Å². The molecule has 120 valence electrons. The molecule has 1 aromatic heterocycles. The second-order valence-electron chi connectivity index (χ2n) is 5.40. The van der Waals surface area contributed by atoms with Gasteiger partial charge in [0.2, 0.25) is 5.91 Å². The van der Waals surface area contributed by atoms with Crippen molar-refractivity contribution in [1.29, 1.82) is 0 Å². The molecule has 24 heavy (non-hydrogen) atoms. The maximum absolute atomic E-state index is 12.0. The summed E-state index contributed by atoms with van der Waals surface area (Å²) in [5, 5.41) is 0. The number of aromatic nitrogens is 1. The number of hydrogen-bond acceptors (Lipinski definition) is 3. The normalized spacial score (nSPS) is 13.2. The van der Waals surface area contributed by atoms with Gasteiger partial charge in [0.1, 0.15) is 5.60 Å². The molecular formula is C20H18N2O2. The average molecular weight is 318 g/mol. The molecule has 2 aromatic carbocycles. The van der Waals surface area contributed by atoms with Gasteiger partial charge in [-0.25, -0.2) is 0 Å². The topological polar surface area (TPSA) is 65.2 Å². The molecule has 2 N–H and O–H groups in total. The summed E-state index contributed by atoms with van der Waals surface area (Å²) in [6.07, 6.45) is 3.41. The Hall–Kier alpha value is -2.98. The van der Waals surface area contributed by atoms with E-state index in [1.54, 1.807) is 31.6 Å². The Morgan fingerprint density at radius 1 is 0.917 bits per heavy atom. The Bertz CT molecular complexity index is 793. The number of benzene rings is 2. The fraction of sp³-hybridized carbons (Fsp3) is 0.100. The van der Waals surface area contributed by atoms with Gasteiger partial charge in [0.15, 0.2) is 0 Å². The highest BCUT2D eigenvalue weighted by Crippen LogP contribution is 2.41. The molecule has 1 unspecified atom stereocenters. The van der Waals surface area contributed by atoms with Crippen molar-refractivity contribution in [3.8, 4) is 0 Å². The summed E-state index contributed by atoms with van der Waals surface area (Å²) in [5.74, 6) is -0.489.